The number of rotatable bonds is 10. The quantitative estimate of drug-likeness (QED) is 0.205. The van der Waals surface area contributed by atoms with E-state index in [9.17, 15) is 4.79 Å². The number of hydrogen-bond acceptors (Lipinski definition) is 8. The van der Waals surface area contributed by atoms with Gasteiger partial charge in [-0.05, 0) is 83.0 Å². The summed E-state index contributed by atoms with van der Waals surface area (Å²) in [6, 6.07) is 17.8. The summed E-state index contributed by atoms with van der Waals surface area (Å²) in [5, 5.41) is 18.9. The lowest BCUT2D eigenvalue weighted by molar-refractivity contribution is -0.113. The van der Waals surface area contributed by atoms with E-state index in [0.29, 0.717) is 68.4 Å². The molecule has 2 N–H and O–H groups in total. The molecule has 212 valence electrons. The second-order valence-electron chi connectivity index (χ2n) is 9.04. The highest BCUT2D eigenvalue weighted by Gasteiger charge is 2.35. The maximum Gasteiger partial charge on any atom is 0.255 e. The molecule has 1 unspecified atom stereocenters. The van der Waals surface area contributed by atoms with Crippen molar-refractivity contribution in [2.24, 2.45) is 0 Å². The lowest BCUT2D eigenvalue weighted by atomic mass is 9.94. The van der Waals surface area contributed by atoms with Gasteiger partial charge in [0, 0.05) is 16.3 Å². The molecule has 1 atom stereocenters. The Balaban J connectivity index is 1.53. The molecule has 1 amide bonds. The smallest absolute Gasteiger partial charge is 0.255 e. The monoisotopic (exact) mass is 638 g/mol. The first kappa shape index (κ1) is 28.4. The van der Waals surface area contributed by atoms with Crippen LogP contribution in [0.15, 0.2) is 76.4 Å². The SMILES string of the molecule is CCOc1ccccc1NC(=O)C1=C(C)Nc2nnnn2C1c1cc(Br)c(OCc2ccccc2Cl)c(OCC)c1. The molecule has 0 saturated carbocycles. The molecular weight excluding hydrogens is 612 g/mol. The van der Waals surface area contributed by atoms with Crippen molar-refractivity contribution >= 4 is 45.1 Å². The first-order valence-corrected chi connectivity index (χ1v) is 14.2. The second kappa shape index (κ2) is 12.6. The Morgan fingerprint density at radius 1 is 1.05 bits per heavy atom. The van der Waals surface area contributed by atoms with Crippen LogP contribution >= 0.6 is 27.5 Å². The topological polar surface area (TPSA) is 112 Å². The predicted octanol–water partition coefficient (Wildman–Crippen LogP) is 6.39. The molecule has 0 aliphatic carbocycles. The van der Waals surface area contributed by atoms with Crippen LogP contribution < -0.4 is 24.8 Å². The number of hydrogen-bond donors (Lipinski definition) is 2. The summed E-state index contributed by atoms with van der Waals surface area (Å²) in [7, 11) is 0. The summed E-state index contributed by atoms with van der Waals surface area (Å²) in [6.07, 6.45) is 0. The van der Waals surface area contributed by atoms with Gasteiger partial charge in [0.05, 0.1) is 28.9 Å². The van der Waals surface area contributed by atoms with Gasteiger partial charge in [0.2, 0.25) is 5.95 Å². The third kappa shape index (κ3) is 6.01. The van der Waals surface area contributed by atoms with Crippen LogP contribution in [0.4, 0.5) is 11.6 Å². The highest BCUT2D eigenvalue weighted by molar-refractivity contribution is 9.10. The Hall–Kier alpha value is -4.09. The van der Waals surface area contributed by atoms with Crippen molar-refractivity contribution in [2.45, 2.75) is 33.4 Å². The Labute approximate surface area is 250 Å². The number of nitrogens with one attached hydrogen (secondary N) is 2. The first-order valence-electron chi connectivity index (χ1n) is 13.0. The number of ether oxygens (including phenoxy) is 3. The van der Waals surface area contributed by atoms with Crippen molar-refractivity contribution < 1.29 is 19.0 Å². The summed E-state index contributed by atoms with van der Waals surface area (Å²) in [4.78, 5) is 13.9. The van der Waals surface area contributed by atoms with Gasteiger partial charge >= 0.3 is 0 Å². The highest BCUT2D eigenvalue weighted by atomic mass is 79.9. The normalized spacial score (nSPS) is 14.2. The zero-order valence-corrected chi connectivity index (χ0v) is 25.0. The van der Waals surface area contributed by atoms with Crippen molar-refractivity contribution in [2.75, 3.05) is 23.8 Å². The molecule has 1 aliphatic rings. The third-order valence-corrected chi connectivity index (χ3v) is 7.33. The molecule has 4 aromatic rings. The Morgan fingerprint density at radius 2 is 1.78 bits per heavy atom. The minimum Gasteiger partial charge on any atom is -0.492 e. The highest BCUT2D eigenvalue weighted by Crippen LogP contribution is 2.43. The number of anilines is 2. The van der Waals surface area contributed by atoms with Gasteiger partial charge in [-0.2, -0.15) is 4.68 Å². The molecule has 0 fully saturated rings. The van der Waals surface area contributed by atoms with E-state index in [4.69, 9.17) is 25.8 Å². The average molecular weight is 640 g/mol. The van der Waals surface area contributed by atoms with Gasteiger partial charge < -0.3 is 24.8 Å². The lowest BCUT2D eigenvalue weighted by Gasteiger charge is -2.29. The van der Waals surface area contributed by atoms with E-state index in [2.05, 4.69) is 42.1 Å². The summed E-state index contributed by atoms with van der Waals surface area (Å²) in [5.74, 6) is 1.66. The third-order valence-electron chi connectivity index (χ3n) is 6.37. The molecule has 0 bridgehead atoms. The summed E-state index contributed by atoms with van der Waals surface area (Å²) in [5.41, 5.74) is 3.14. The number of nitrogens with zero attached hydrogens (tertiary/aromatic N) is 4. The number of carbonyl (C=O) groups excluding carboxylic acids is 1. The van der Waals surface area contributed by atoms with Crippen molar-refractivity contribution in [1.82, 2.24) is 20.2 Å². The molecule has 0 spiro atoms. The minimum atomic E-state index is -0.673. The van der Waals surface area contributed by atoms with Crippen molar-refractivity contribution in [1.29, 1.82) is 0 Å². The molecule has 1 aromatic heterocycles. The molecule has 41 heavy (non-hydrogen) atoms. The van der Waals surface area contributed by atoms with E-state index in [-0.39, 0.29) is 12.5 Å². The predicted molar refractivity (Wildman–Crippen MR) is 160 cm³/mol. The molecule has 3 aromatic carbocycles. The number of fused-ring (bicyclic) bond motifs is 1. The first-order chi connectivity index (χ1) is 19.9. The largest absolute Gasteiger partial charge is 0.492 e. The van der Waals surface area contributed by atoms with Gasteiger partial charge in [0.1, 0.15) is 18.4 Å². The van der Waals surface area contributed by atoms with Gasteiger partial charge in [-0.15, -0.1) is 0 Å². The van der Waals surface area contributed by atoms with Crippen LogP contribution in [0.3, 0.4) is 0 Å². The van der Waals surface area contributed by atoms with Crippen molar-refractivity contribution in [3.8, 4) is 17.2 Å². The van der Waals surface area contributed by atoms with Crippen molar-refractivity contribution in [3.05, 3.63) is 92.6 Å². The molecule has 1 aliphatic heterocycles. The molecular formula is C29H28BrClN6O4. The fourth-order valence-corrected chi connectivity index (χ4v) is 5.33. The fraction of sp³-hybridized carbons (Fsp3) is 0.241. The maximum absolute atomic E-state index is 13.9. The van der Waals surface area contributed by atoms with Crippen LogP contribution in [-0.4, -0.2) is 39.3 Å². The molecule has 0 saturated heterocycles. The number of halogens is 2. The number of aromatic nitrogens is 4. The van der Waals surface area contributed by atoms with Crippen molar-refractivity contribution in [3.63, 3.8) is 0 Å². The van der Waals surface area contributed by atoms with E-state index in [1.54, 1.807) is 10.7 Å². The van der Waals surface area contributed by atoms with Gasteiger partial charge in [0.15, 0.2) is 11.5 Å². The Kier molecular flexibility index (Phi) is 8.75. The van der Waals surface area contributed by atoms with E-state index in [1.807, 2.05) is 75.4 Å². The van der Waals surface area contributed by atoms with Crippen LogP contribution in [-0.2, 0) is 11.4 Å². The average Bonchev–Trinajstić information content (AvgIpc) is 3.42. The number of carbonyl (C=O) groups is 1. The van der Waals surface area contributed by atoms with Crippen LogP contribution in [0.25, 0.3) is 0 Å². The van der Waals surface area contributed by atoms with Gasteiger partial charge in [-0.1, -0.05) is 47.0 Å². The molecule has 5 rings (SSSR count). The Bertz CT molecular complexity index is 1610. The summed E-state index contributed by atoms with van der Waals surface area (Å²) in [6.45, 7) is 6.70. The number of allylic oxidation sites excluding steroid dienone is 1. The van der Waals surface area contributed by atoms with Crippen LogP contribution in [0, 0.1) is 0 Å². The summed E-state index contributed by atoms with van der Waals surface area (Å²) >= 11 is 10.0. The standard InChI is InChI=1S/C29H28BrClN6O4/c1-4-39-23-13-9-8-12-22(23)33-28(38)25-17(3)32-29-34-35-36-37(29)26(25)19-14-20(30)27(24(15-19)40-5-2)41-16-18-10-6-7-11-21(18)31/h6-15,26H,4-5,16H2,1-3H3,(H,33,38)(H,32,34,36). The zero-order chi connectivity index (χ0) is 28.9. The molecule has 12 heteroatoms. The number of benzene rings is 3. The molecule has 2 heterocycles. The lowest BCUT2D eigenvalue weighted by Crippen LogP contribution is -2.31. The van der Waals surface area contributed by atoms with Crippen LogP contribution in [0.1, 0.15) is 37.9 Å². The van der Waals surface area contributed by atoms with Gasteiger partial charge in [-0.25, -0.2) is 0 Å². The van der Waals surface area contributed by atoms with E-state index >= 15 is 0 Å². The molecule has 0 radical (unpaired) electrons. The molecule has 10 nitrogen and oxygen atoms in total. The fourth-order valence-electron chi connectivity index (χ4n) is 4.57. The van der Waals surface area contributed by atoms with Crippen LogP contribution in [0.2, 0.25) is 5.02 Å². The number of amides is 1. The summed E-state index contributed by atoms with van der Waals surface area (Å²) < 4.78 is 20.1. The zero-order valence-electron chi connectivity index (χ0n) is 22.6. The van der Waals surface area contributed by atoms with Gasteiger partial charge in [0.25, 0.3) is 5.91 Å². The minimum absolute atomic E-state index is 0.244. The number of para-hydroxylation sites is 2. The van der Waals surface area contributed by atoms with E-state index in [1.165, 1.54) is 0 Å². The second-order valence-corrected chi connectivity index (χ2v) is 10.3. The number of tetrazole rings is 1. The van der Waals surface area contributed by atoms with E-state index < -0.39 is 6.04 Å². The Morgan fingerprint density at radius 3 is 2.56 bits per heavy atom. The van der Waals surface area contributed by atoms with Gasteiger partial charge in [-0.3, -0.25) is 4.79 Å². The maximum atomic E-state index is 13.9. The van der Waals surface area contributed by atoms with Crippen LogP contribution in [0.5, 0.6) is 17.2 Å². The van der Waals surface area contributed by atoms with E-state index in [0.717, 1.165) is 5.56 Å².